The van der Waals surface area contributed by atoms with Crippen molar-refractivity contribution in [1.82, 2.24) is 15.2 Å². The number of pyridine rings is 1. The van der Waals surface area contributed by atoms with Gasteiger partial charge < -0.3 is 15.0 Å². The Balaban J connectivity index is 1.36. The van der Waals surface area contributed by atoms with Gasteiger partial charge in [-0.3, -0.25) is 9.78 Å². The van der Waals surface area contributed by atoms with Crippen molar-refractivity contribution in [3.8, 4) is 0 Å². The number of rotatable bonds is 4. The molecule has 8 heteroatoms. The fraction of sp³-hybridized carbons (Fsp3) is 0.500. The van der Waals surface area contributed by atoms with Crippen LogP contribution in [-0.4, -0.2) is 46.9 Å². The highest BCUT2D eigenvalue weighted by molar-refractivity contribution is 7.15. The van der Waals surface area contributed by atoms with E-state index < -0.39 is 0 Å². The highest BCUT2D eigenvalue weighted by atomic mass is 32.1. The van der Waals surface area contributed by atoms with Crippen LogP contribution in [0.15, 0.2) is 24.5 Å². The standard InChI is InChI=1S/C16H19N5O2S/c1-10-19-20-16(24-10)21-7-13-11(9-23-14(13)8-21)5-15(22)18-12-3-2-4-17-6-12/h2-4,6,11,13-14H,5,7-9H2,1H3,(H,18,22)/t11-,13-,14-/m1/s1. The van der Waals surface area contributed by atoms with Crippen molar-refractivity contribution >= 4 is 28.1 Å². The topological polar surface area (TPSA) is 80.2 Å². The minimum atomic E-state index is 0.0162. The average molecular weight is 345 g/mol. The van der Waals surface area contributed by atoms with E-state index in [-0.39, 0.29) is 17.9 Å². The van der Waals surface area contributed by atoms with Gasteiger partial charge in [0.05, 0.1) is 24.6 Å². The summed E-state index contributed by atoms with van der Waals surface area (Å²) in [5, 5.41) is 13.1. The third-order valence-electron chi connectivity index (χ3n) is 4.62. The molecule has 0 aliphatic carbocycles. The summed E-state index contributed by atoms with van der Waals surface area (Å²) >= 11 is 1.60. The maximum absolute atomic E-state index is 12.3. The number of ether oxygens (including phenoxy) is 1. The summed E-state index contributed by atoms with van der Waals surface area (Å²) in [4.78, 5) is 18.5. The second-order valence-electron chi connectivity index (χ2n) is 6.30. The zero-order valence-electron chi connectivity index (χ0n) is 13.4. The van der Waals surface area contributed by atoms with Crippen molar-refractivity contribution in [2.75, 3.05) is 29.9 Å². The molecule has 0 unspecified atom stereocenters. The van der Waals surface area contributed by atoms with E-state index in [1.807, 2.05) is 19.1 Å². The summed E-state index contributed by atoms with van der Waals surface area (Å²) in [6, 6.07) is 3.65. The number of carbonyl (C=O) groups excluding carboxylic acids is 1. The van der Waals surface area contributed by atoms with E-state index in [1.54, 1.807) is 23.7 Å². The molecule has 2 aliphatic rings. The Morgan fingerprint density at radius 3 is 3.12 bits per heavy atom. The van der Waals surface area contributed by atoms with Crippen molar-refractivity contribution < 1.29 is 9.53 Å². The lowest BCUT2D eigenvalue weighted by atomic mass is 9.90. The van der Waals surface area contributed by atoms with Gasteiger partial charge in [0.1, 0.15) is 5.01 Å². The number of anilines is 2. The largest absolute Gasteiger partial charge is 0.376 e. The number of nitrogens with one attached hydrogen (secondary N) is 1. The number of amides is 1. The van der Waals surface area contributed by atoms with Gasteiger partial charge in [-0.25, -0.2) is 0 Å². The number of aromatic nitrogens is 3. The van der Waals surface area contributed by atoms with Gasteiger partial charge in [0.15, 0.2) is 0 Å². The fourth-order valence-electron chi connectivity index (χ4n) is 3.47. The van der Waals surface area contributed by atoms with Crippen LogP contribution in [0.1, 0.15) is 11.4 Å². The minimum Gasteiger partial charge on any atom is -0.376 e. The molecule has 2 aromatic rings. The molecule has 4 heterocycles. The van der Waals surface area contributed by atoms with Crippen molar-refractivity contribution in [3.05, 3.63) is 29.5 Å². The number of nitrogens with zero attached hydrogens (tertiary/aromatic N) is 4. The molecule has 1 amide bonds. The van der Waals surface area contributed by atoms with Gasteiger partial charge in [0.25, 0.3) is 0 Å². The quantitative estimate of drug-likeness (QED) is 0.909. The first-order chi connectivity index (χ1) is 11.7. The third-order valence-corrected chi connectivity index (χ3v) is 5.52. The Hall–Kier alpha value is -2.06. The summed E-state index contributed by atoms with van der Waals surface area (Å²) in [7, 11) is 0. The van der Waals surface area contributed by atoms with Gasteiger partial charge in [-0.1, -0.05) is 11.3 Å². The number of hydrogen-bond donors (Lipinski definition) is 1. The highest BCUT2D eigenvalue weighted by Crippen LogP contribution is 2.38. The van der Waals surface area contributed by atoms with Crippen molar-refractivity contribution in [3.63, 3.8) is 0 Å². The zero-order valence-corrected chi connectivity index (χ0v) is 14.2. The van der Waals surface area contributed by atoms with Gasteiger partial charge in [-0.2, -0.15) is 0 Å². The molecular formula is C16H19N5O2S. The molecule has 4 rings (SSSR count). The maximum atomic E-state index is 12.3. The van der Waals surface area contributed by atoms with Crippen LogP contribution in [-0.2, 0) is 9.53 Å². The first-order valence-corrected chi connectivity index (χ1v) is 8.87. The monoisotopic (exact) mass is 345 g/mol. The van der Waals surface area contributed by atoms with Gasteiger partial charge in [-0.15, -0.1) is 10.2 Å². The first-order valence-electron chi connectivity index (χ1n) is 8.05. The lowest BCUT2D eigenvalue weighted by Crippen LogP contribution is -2.26. The average Bonchev–Trinajstić information content (AvgIpc) is 3.25. The Kier molecular flexibility index (Phi) is 4.15. The molecule has 0 radical (unpaired) electrons. The number of carbonyl (C=O) groups is 1. The molecule has 3 atom stereocenters. The molecule has 24 heavy (non-hydrogen) atoms. The van der Waals surface area contributed by atoms with Crippen LogP contribution >= 0.6 is 11.3 Å². The summed E-state index contributed by atoms with van der Waals surface area (Å²) in [6.07, 6.45) is 4.00. The first kappa shape index (κ1) is 15.5. The predicted molar refractivity (Wildman–Crippen MR) is 91.1 cm³/mol. The Labute approximate surface area is 144 Å². The van der Waals surface area contributed by atoms with E-state index in [0.717, 1.165) is 28.9 Å². The van der Waals surface area contributed by atoms with Crippen LogP contribution in [0.5, 0.6) is 0 Å². The molecule has 2 aliphatic heterocycles. The second kappa shape index (κ2) is 6.45. The molecule has 2 fully saturated rings. The molecule has 2 aromatic heterocycles. The van der Waals surface area contributed by atoms with Gasteiger partial charge in [-0.05, 0) is 25.0 Å². The van der Waals surface area contributed by atoms with Crippen LogP contribution in [0, 0.1) is 18.8 Å². The minimum absolute atomic E-state index is 0.0162. The van der Waals surface area contributed by atoms with E-state index in [1.165, 1.54) is 0 Å². The van der Waals surface area contributed by atoms with Crippen LogP contribution in [0.3, 0.4) is 0 Å². The summed E-state index contributed by atoms with van der Waals surface area (Å²) in [5.74, 6) is 0.627. The Morgan fingerprint density at radius 1 is 1.46 bits per heavy atom. The van der Waals surface area contributed by atoms with Crippen LogP contribution in [0.25, 0.3) is 0 Å². The zero-order chi connectivity index (χ0) is 16.5. The number of fused-ring (bicyclic) bond motifs is 1. The van der Waals surface area contributed by atoms with Crippen molar-refractivity contribution in [1.29, 1.82) is 0 Å². The fourth-order valence-corrected chi connectivity index (χ4v) is 4.17. The Bertz CT molecular complexity index is 722. The lowest BCUT2D eigenvalue weighted by molar-refractivity contribution is -0.117. The predicted octanol–water partition coefficient (Wildman–Crippen LogP) is 1.72. The van der Waals surface area contributed by atoms with Crippen LogP contribution in [0.2, 0.25) is 0 Å². The van der Waals surface area contributed by atoms with Crippen LogP contribution < -0.4 is 10.2 Å². The maximum Gasteiger partial charge on any atom is 0.224 e. The second-order valence-corrected chi connectivity index (χ2v) is 7.46. The van der Waals surface area contributed by atoms with E-state index in [4.69, 9.17) is 4.74 Å². The van der Waals surface area contributed by atoms with Gasteiger partial charge in [0.2, 0.25) is 11.0 Å². The summed E-state index contributed by atoms with van der Waals surface area (Å²) < 4.78 is 5.92. The Morgan fingerprint density at radius 2 is 2.38 bits per heavy atom. The van der Waals surface area contributed by atoms with E-state index in [0.29, 0.717) is 18.9 Å². The van der Waals surface area contributed by atoms with E-state index in [9.17, 15) is 4.79 Å². The molecule has 7 nitrogen and oxygen atoms in total. The molecule has 1 N–H and O–H groups in total. The molecule has 0 spiro atoms. The molecular weight excluding hydrogens is 326 g/mol. The third kappa shape index (κ3) is 3.11. The summed E-state index contributed by atoms with van der Waals surface area (Å²) in [6.45, 7) is 4.32. The number of aryl methyl sites for hydroxylation is 1. The molecule has 126 valence electrons. The summed E-state index contributed by atoms with van der Waals surface area (Å²) in [5.41, 5.74) is 0.732. The van der Waals surface area contributed by atoms with Gasteiger partial charge >= 0.3 is 0 Å². The lowest BCUT2D eigenvalue weighted by Gasteiger charge is -2.18. The highest BCUT2D eigenvalue weighted by Gasteiger charge is 2.45. The van der Waals surface area contributed by atoms with Gasteiger partial charge in [0, 0.05) is 31.6 Å². The molecule has 0 saturated carbocycles. The normalized spacial score (nSPS) is 25.7. The van der Waals surface area contributed by atoms with E-state index >= 15 is 0 Å². The molecule has 0 bridgehead atoms. The molecule has 2 saturated heterocycles. The SMILES string of the molecule is Cc1nnc(N2C[C@@H]3[C@H](CC(=O)Nc4cccnc4)CO[C@@H]3C2)s1. The number of hydrogen-bond acceptors (Lipinski definition) is 7. The van der Waals surface area contributed by atoms with Crippen LogP contribution in [0.4, 0.5) is 10.8 Å². The molecule has 0 aromatic carbocycles. The van der Waals surface area contributed by atoms with E-state index in [2.05, 4.69) is 25.4 Å². The van der Waals surface area contributed by atoms with Crippen molar-refractivity contribution in [2.45, 2.75) is 19.4 Å². The smallest absolute Gasteiger partial charge is 0.224 e. The van der Waals surface area contributed by atoms with Crippen molar-refractivity contribution in [2.24, 2.45) is 11.8 Å².